The number of hydrogen-bond donors (Lipinski definition) is 0. The van der Waals surface area contributed by atoms with Crippen molar-refractivity contribution in [1.82, 2.24) is 0 Å². The van der Waals surface area contributed by atoms with E-state index in [0.717, 1.165) is 17.8 Å². The second-order valence-corrected chi connectivity index (χ2v) is 7.19. The lowest BCUT2D eigenvalue weighted by Gasteiger charge is -2.14. The number of thioether (sulfide) groups is 1. The molecule has 2 nitrogen and oxygen atoms in total. The molecular formula is C17H9ClF3NOS2. The monoisotopic (exact) mass is 399 g/mol. The third-order valence-electron chi connectivity index (χ3n) is 3.41. The molecule has 1 heterocycles. The van der Waals surface area contributed by atoms with E-state index in [0.29, 0.717) is 10.7 Å². The number of thiocarbonyl (C=S) groups is 1. The second kappa shape index (κ2) is 6.82. The van der Waals surface area contributed by atoms with Crippen LogP contribution >= 0.6 is 35.6 Å². The molecule has 0 aliphatic carbocycles. The van der Waals surface area contributed by atoms with E-state index in [-0.39, 0.29) is 14.8 Å². The lowest BCUT2D eigenvalue weighted by atomic mass is 10.1. The fraction of sp³-hybridized carbons (Fsp3) is 0.0588. The number of hydrogen-bond acceptors (Lipinski definition) is 3. The van der Waals surface area contributed by atoms with E-state index < -0.39 is 17.6 Å². The number of alkyl halides is 3. The quantitative estimate of drug-likeness (QED) is 0.472. The zero-order chi connectivity index (χ0) is 18.2. The van der Waals surface area contributed by atoms with Gasteiger partial charge < -0.3 is 0 Å². The van der Waals surface area contributed by atoms with Crippen LogP contribution in [0.15, 0.2) is 53.4 Å². The molecule has 128 valence electrons. The maximum absolute atomic E-state index is 13.1. The first-order valence-electron chi connectivity index (χ1n) is 6.97. The van der Waals surface area contributed by atoms with Crippen LogP contribution in [0.2, 0.25) is 5.02 Å². The van der Waals surface area contributed by atoms with E-state index in [1.54, 1.807) is 24.3 Å². The Hall–Kier alpha value is -1.83. The molecule has 2 aromatic carbocycles. The van der Waals surface area contributed by atoms with Gasteiger partial charge in [0.05, 0.1) is 16.2 Å². The minimum Gasteiger partial charge on any atom is -0.268 e. The van der Waals surface area contributed by atoms with Gasteiger partial charge in [0.2, 0.25) is 0 Å². The van der Waals surface area contributed by atoms with Crippen molar-refractivity contribution < 1.29 is 18.0 Å². The van der Waals surface area contributed by atoms with Gasteiger partial charge in [-0.1, -0.05) is 59.8 Å². The molecule has 0 aromatic heterocycles. The van der Waals surface area contributed by atoms with Crippen molar-refractivity contribution in [3.63, 3.8) is 0 Å². The Bertz CT molecular complexity index is 895. The van der Waals surface area contributed by atoms with Gasteiger partial charge in [-0.3, -0.25) is 9.69 Å². The van der Waals surface area contributed by atoms with Crippen molar-refractivity contribution >= 4 is 57.6 Å². The molecule has 8 heteroatoms. The number of benzene rings is 2. The largest absolute Gasteiger partial charge is 0.416 e. The average Bonchev–Trinajstić information content (AvgIpc) is 2.81. The molecule has 2 aromatic rings. The minimum absolute atomic E-state index is 0.0819. The summed E-state index contributed by atoms with van der Waals surface area (Å²) in [4.78, 5) is 14.0. The number of amides is 1. The summed E-state index contributed by atoms with van der Waals surface area (Å²) in [5, 5.41) is 0.429. The zero-order valence-electron chi connectivity index (χ0n) is 12.4. The van der Waals surface area contributed by atoms with Crippen LogP contribution in [0.4, 0.5) is 18.9 Å². The number of carbonyl (C=O) groups excluding carboxylic acids is 1. The number of anilines is 1. The van der Waals surface area contributed by atoms with Gasteiger partial charge in [-0.05, 0) is 35.9 Å². The van der Waals surface area contributed by atoms with Crippen molar-refractivity contribution in [2.24, 2.45) is 0 Å². The summed E-state index contributed by atoms with van der Waals surface area (Å²) in [5.41, 5.74) is -0.410. The minimum atomic E-state index is -4.51. The Morgan fingerprint density at radius 3 is 2.52 bits per heavy atom. The first kappa shape index (κ1) is 18.0. The van der Waals surface area contributed by atoms with Crippen LogP contribution in [-0.4, -0.2) is 10.2 Å². The molecular weight excluding hydrogens is 391 g/mol. The highest BCUT2D eigenvalue weighted by Gasteiger charge is 2.36. The maximum Gasteiger partial charge on any atom is 0.416 e. The van der Waals surface area contributed by atoms with Crippen LogP contribution in [0, 0.1) is 0 Å². The van der Waals surface area contributed by atoms with Gasteiger partial charge in [0.1, 0.15) is 0 Å². The van der Waals surface area contributed by atoms with Crippen molar-refractivity contribution in [2.45, 2.75) is 6.18 Å². The molecule has 3 rings (SSSR count). The maximum atomic E-state index is 13.1. The molecule has 1 aliphatic heterocycles. The normalized spacial score (nSPS) is 16.8. The van der Waals surface area contributed by atoms with Crippen LogP contribution in [0.3, 0.4) is 0 Å². The Morgan fingerprint density at radius 2 is 1.84 bits per heavy atom. The summed E-state index contributed by atoms with van der Waals surface area (Å²) in [6.45, 7) is 0. The lowest BCUT2D eigenvalue weighted by Crippen LogP contribution is -2.27. The fourth-order valence-electron chi connectivity index (χ4n) is 2.33. The summed E-state index contributed by atoms with van der Waals surface area (Å²) in [6.07, 6.45) is -3.29. The highest BCUT2D eigenvalue weighted by molar-refractivity contribution is 8.27. The molecule has 0 atom stereocenters. The molecule has 1 aliphatic rings. The second-order valence-electron chi connectivity index (χ2n) is 5.08. The first-order chi connectivity index (χ1) is 11.8. The van der Waals surface area contributed by atoms with Crippen LogP contribution in [-0.2, 0) is 11.0 Å². The van der Waals surface area contributed by atoms with Crippen LogP contribution in [0.5, 0.6) is 0 Å². The fourth-order valence-corrected chi connectivity index (χ4v) is 3.80. The predicted molar refractivity (Wildman–Crippen MR) is 98.5 cm³/mol. The van der Waals surface area contributed by atoms with Gasteiger partial charge in [-0.25, -0.2) is 0 Å². The Labute approximate surface area is 156 Å². The third-order valence-corrected chi connectivity index (χ3v) is 4.95. The van der Waals surface area contributed by atoms with Gasteiger partial charge >= 0.3 is 6.18 Å². The van der Waals surface area contributed by atoms with E-state index in [4.69, 9.17) is 23.8 Å². The van der Waals surface area contributed by atoms with Crippen molar-refractivity contribution in [3.8, 4) is 0 Å². The molecule has 0 spiro atoms. The Balaban J connectivity index is 2.00. The zero-order valence-corrected chi connectivity index (χ0v) is 14.8. The smallest absolute Gasteiger partial charge is 0.268 e. The standard InChI is InChI=1S/C17H9ClF3NOS2/c18-11-5-3-6-12(9-11)22-15(23)14(25-16(22)24)8-10-4-1-2-7-13(10)17(19,20)21/h1-9H/b14-8+. The number of halogens is 4. The van der Waals surface area contributed by atoms with Gasteiger partial charge in [0, 0.05) is 5.02 Å². The first-order valence-corrected chi connectivity index (χ1v) is 8.57. The van der Waals surface area contributed by atoms with Gasteiger partial charge in [-0.15, -0.1) is 0 Å². The van der Waals surface area contributed by atoms with Gasteiger partial charge in [0.25, 0.3) is 5.91 Å². The number of rotatable bonds is 2. The molecule has 1 amide bonds. The average molecular weight is 400 g/mol. The summed E-state index contributed by atoms with van der Waals surface area (Å²) < 4.78 is 39.6. The van der Waals surface area contributed by atoms with Crippen LogP contribution in [0.25, 0.3) is 6.08 Å². The molecule has 0 unspecified atom stereocenters. The third kappa shape index (κ3) is 3.73. The number of carbonyl (C=O) groups is 1. The van der Waals surface area contributed by atoms with Gasteiger partial charge in [-0.2, -0.15) is 13.2 Å². The topological polar surface area (TPSA) is 20.3 Å². The Kier molecular flexibility index (Phi) is 4.90. The lowest BCUT2D eigenvalue weighted by molar-refractivity contribution is -0.137. The SMILES string of the molecule is O=C1/C(=C\c2ccccc2C(F)(F)F)SC(=S)N1c1cccc(Cl)c1. The predicted octanol–water partition coefficient (Wildman–Crippen LogP) is 5.76. The van der Waals surface area contributed by atoms with E-state index in [9.17, 15) is 18.0 Å². The van der Waals surface area contributed by atoms with Crippen LogP contribution < -0.4 is 4.90 Å². The summed E-state index contributed by atoms with van der Waals surface area (Å²) >= 11 is 12.1. The molecule has 0 radical (unpaired) electrons. The van der Waals surface area contributed by atoms with Gasteiger partial charge in [0.15, 0.2) is 4.32 Å². The summed E-state index contributed by atoms with van der Waals surface area (Å²) in [6, 6.07) is 11.6. The highest BCUT2D eigenvalue weighted by Crippen LogP contribution is 2.39. The van der Waals surface area contributed by atoms with Crippen molar-refractivity contribution in [3.05, 3.63) is 69.6 Å². The Morgan fingerprint density at radius 1 is 1.12 bits per heavy atom. The summed E-state index contributed by atoms with van der Waals surface area (Å²) in [7, 11) is 0. The number of nitrogens with zero attached hydrogens (tertiary/aromatic N) is 1. The molecule has 0 saturated carbocycles. The van der Waals surface area contributed by atoms with E-state index in [1.807, 2.05) is 0 Å². The highest BCUT2D eigenvalue weighted by atomic mass is 35.5. The molecule has 1 fully saturated rings. The van der Waals surface area contributed by atoms with E-state index in [2.05, 4.69) is 0 Å². The van der Waals surface area contributed by atoms with Crippen molar-refractivity contribution in [1.29, 1.82) is 0 Å². The molecule has 0 bridgehead atoms. The molecule has 0 N–H and O–H groups in total. The molecule has 1 saturated heterocycles. The van der Waals surface area contributed by atoms with Crippen molar-refractivity contribution in [2.75, 3.05) is 4.90 Å². The summed E-state index contributed by atoms with van der Waals surface area (Å²) in [5.74, 6) is -0.478. The molecule has 25 heavy (non-hydrogen) atoms. The van der Waals surface area contributed by atoms with E-state index >= 15 is 0 Å². The van der Waals surface area contributed by atoms with Crippen LogP contribution in [0.1, 0.15) is 11.1 Å². The van der Waals surface area contributed by atoms with E-state index in [1.165, 1.54) is 29.2 Å².